The van der Waals surface area contributed by atoms with E-state index in [9.17, 15) is 18.4 Å². The molecule has 8 heteroatoms. The zero-order valence-corrected chi connectivity index (χ0v) is 21.4. The van der Waals surface area contributed by atoms with E-state index in [-0.39, 0.29) is 25.5 Å². The fourth-order valence-corrected chi connectivity index (χ4v) is 4.85. The Morgan fingerprint density at radius 2 is 1.68 bits per heavy atom. The van der Waals surface area contributed by atoms with Crippen LogP contribution in [0.4, 0.5) is 8.78 Å². The average Bonchev–Trinajstić information content (AvgIpc) is 2.89. The van der Waals surface area contributed by atoms with Crippen molar-refractivity contribution in [2.45, 2.75) is 25.8 Å². The van der Waals surface area contributed by atoms with Crippen molar-refractivity contribution in [3.63, 3.8) is 0 Å². The zero-order chi connectivity index (χ0) is 26.4. The van der Waals surface area contributed by atoms with E-state index < -0.39 is 28.5 Å². The van der Waals surface area contributed by atoms with E-state index >= 15 is 0 Å². The van der Waals surface area contributed by atoms with Gasteiger partial charge in [0.05, 0.1) is 6.61 Å². The third-order valence-electron chi connectivity index (χ3n) is 6.70. The predicted molar refractivity (Wildman–Crippen MR) is 138 cm³/mol. The van der Waals surface area contributed by atoms with E-state index in [1.165, 1.54) is 11.0 Å². The number of hydrogen-bond acceptors (Lipinski definition) is 3. The highest BCUT2D eigenvalue weighted by Crippen LogP contribution is 2.36. The second kappa shape index (κ2) is 11.7. The molecule has 1 atom stereocenters. The Balaban J connectivity index is 1.55. The summed E-state index contributed by atoms with van der Waals surface area (Å²) in [7, 11) is 1.74. The Morgan fingerprint density at radius 3 is 2.35 bits per heavy atom. The molecular weight excluding hydrogens is 498 g/mol. The van der Waals surface area contributed by atoms with Gasteiger partial charge in [0.25, 0.3) is 5.91 Å². The van der Waals surface area contributed by atoms with Crippen molar-refractivity contribution >= 4 is 23.4 Å². The number of benzene rings is 3. The molecule has 0 unspecified atom stereocenters. The van der Waals surface area contributed by atoms with Gasteiger partial charge in [-0.2, -0.15) is 0 Å². The molecule has 5 nitrogen and oxygen atoms in total. The molecule has 0 radical (unpaired) electrons. The third-order valence-corrected chi connectivity index (χ3v) is 6.95. The molecule has 194 valence electrons. The zero-order valence-electron chi connectivity index (χ0n) is 20.6. The van der Waals surface area contributed by atoms with Crippen molar-refractivity contribution in [2.24, 2.45) is 5.41 Å². The highest BCUT2D eigenvalue weighted by molar-refractivity contribution is 6.30. The van der Waals surface area contributed by atoms with Crippen LogP contribution in [-0.2, 0) is 11.3 Å². The van der Waals surface area contributed by atoms with Gasteiger partial charge < -0.3 is 14.5 Å². The number of amides is 2. The number of hydrogen-bond donors (Lipinski definition) is 0. The molecule has 1 fully saturated rings. The molecule has 0 saturated carbocycles. The van der Waals surface area contributed by atoms with Crippen LogP contribution in [0, 0.1) is 17.0 Å². The lowest BCUT2D eigenvalue weighted by Crippen LogP contribution is -2.51. The first-order chi connectivity index (χ1) is 17.8. The molecule has 0 aromatic heterocycles. The van der Waals surface area contributed by atoms with Gasteiger partial charge in [-0.15, -0.1) is 0 Å². The molecule has 1 saturated heterocycles. The Labute approximate surface area is 220 Å². The predicted octanol–water partition coefficient (Wildman–Crippen LogP) is 5.97. The molecule has 1 aliphatic heterocycles. The van der Waals surface area contributed by atoms with Crippen LogP contribution in [0.2, 0.25) is 5.02 Å². The van der Waals surface area contributed by atoms with Crippen LogP contribution in [0.25, 0.3) is 0 Å². The number of likely N-dealkylation sites (tertiary alicyclic amines) is 1. The molecule has 3 aromatic carbocycles. The van der Waals surface area contributed by atoms with Crippen LogP contribution in [0.1, 0.15) is 35.2 Å². The van der Waals surface area contributed by atoms with Crippen LogP contribution >= 0.6 is 11.6 Å². The smallest absolute Gasteiger partial charge is 0.259 e. The SMILES string of the molecule is CN(Cc1ccccc1)C(=O)C[C@]1(COc2ccc(Cl)cc2)CCCN(C(=O)c2c(F)cccc2F)C1. The molecule has 2 amide bonds. The first-order valence-electron chi connectivity index (χ1n) is 12.2. The molecule has 4 rings (SSSR count). The molecule has 0 spiro atoms. The number of carbonyl (C=O) groups is 2. The largest absolute Gasteiger partial charge is 0.493 e. The van der Waals surface area contributed by atoms with E-state index in [1.807, 2.05) is 30.3 Å². The Bertz CT molecular complexity index is 1220. The Morgan fingerprint density at radius 1 is 1.00 bits per heavy atom. The minimum absolute atomic E-state index is 0.102. The van der Waals surface area contributed by atoms with Crippen LogP contribution in [-0.4, -0.2) is 48.4 Å². The summed E-state index contributed by atoms with van der Waals surface area (Å²) in [5.74, 6) is -2.06. The molecule has 3 aromatic rings. The summed E-state index contributed by atoms with van der Waals surface area (Å²) in [4.78, 5) is 29.6. The minimum atomic E-state index is -0.905. The maximum atomic E-state index is 14.4. The summed E-state index contributed by atoms with van der Waals surface area (Å²) in [6, 6.07) is 19.9. The van der Waals surface area contributed by atoms with Gasteiger partial charge in [-0.1, -0.05) is 48.0 Å². The molecular formula is C29H29ClF2N2O3. The molecule has 0 bridgehead atoms. The van der Waals surface area contributed by atoms with Crippen molar-refractivity contribution in [3.8, 4) is 5.75 Å². The highest BCUT2D eigenvalue weighted by atomic mass is 35.5. The molecule has 37 heavy (non-hydrogen) atoms. The fraction of sp³-hybridized carbons (Fsp3) is 0.310. The quantitative estimate of drug-likeness (QED) is 0.363. The van der Waals surface area contributed by atoms with E-state index in [1.54, 1.807) is 36.2 Å². The topological polar surface area (TPSA) is 49.9 Å². The van der Waals surface area contributed by atoms with Gasteiger partial charge in [0, 0.05) is 43.5 Å². The lowest BCUT2D eigenvalue weighted by Gasteiger charge is -2.43. The molecule has 0 N–H and O–H groups in total. The van der Waals surface area contributed by atoms with Crippen LogP contribution < -0.4 is 4.74 Å². The first kappa shape index (κ1) is 26.6. The second-order valence-corrected chi connectivity index (χ2v) is 10.0. The minimum Gasteiger partial charge on any atom is -0.493 e. The summed E-state index contributed by atoms with van der Waals surface area (Å²) in [6.45, 7) is 1.07. The maximum absolute atomic E-state index is 14.4. The van der Waals surface area contributed by atoms with Gasteiger partial charge in [0.1, 0.15) is 22.9 Å². The van der Waals surface area contributed by atoms with Crippen molar-refractivity contribution < 1.29 is 23.1 Å². The summed E-state index contributed by atoms with van der Waals surface area (Å²) < 4.78 is 34.8. The van der Waals surface area contributed by atoms with Crippen LogP contribution in [0.15, 0.2) is 72.8 Å². The van der Waals surface area contributed by atoms with E-state index in [0.717, 1.165) is 17.7 Å². The molecule has 0 aliphatic carbocycles. The standard InChI is InChI=1S/C29H29ClF2N2O3/c1-33(18-21-7-3-2-4-8-21)26(35)17-29(20-37-23-13-11-22(30)12-14-23)15-6-16-34(19-29)28(36)27-24(31)9-5-10-25(27)32/h2-5,7-14H,6,15-20H2,1H3/t29-/m1/s1. The second-order valence-electron chi connectivity index (χ2n) is 9.58. The van der Waals surface area contributed by atoms with Crippen LogP contribution in [0.5, 0.6) is 5.75 Å². The van der Waals surface area contributed by atoms with Crippen molar-refractivity contribution in [1.82, 2.24) is 9.80 Å². The lowest BCUT2D eigenvalue weighted by molar-refractivity contribution is -0.134. The monoisotopic (exact) mass is 526 g/mol. The summed E-state index contributed by atoms with van der Waals surface area (Å²) in [5, 5.41) is 0.570. The number of piperidine rings is 1. The first-order valence-corrected chi connectivity index (χ1v) is 12.5. The molecule has 1 aliphatic rings. The molecule has 1 heterocycles. The van der Waals surface area contributed by atoms with Gasteiger partial charge in [-0.05, 0) is 54.8 Å². The Kier molecular flexibility index (Phi) is 8.44. The Hall–Kier alpha value is -3.45. The van der Waals surface area contributed by atoms with Crippen molar-refractivity contribution in [1.29, 1.82) is 0 Å². The van der Waals surface area contributed by atoms with Gasteiger partial charge in [-0.25, -0.2) is 8.78 Å². The van der Waals surface area contributed by atoms with Gasteiger partial charge >= 0.3 is 0 Å². The highest BCUT2D eigenvalue weighted by Gasteiger charge is 2.41. The van der Waals surface area contributed by atoms with Crippen LogP contribution in [0.3, 0.4) is 0 Å². The normalized spacial score (nSPS) is 17.4. The summed E-state index contributed by atoms with van der Waals surface area (Å²) in [5.41, 5.74) is -0.318. The number of carbonyl (C=O) groups excluding carboxylic acids is 2. The average molecular weight is 527 g/mol. The lowest BCUT2D eigenvalue weighted by atomic mass is 9.77. The number of ether oxygens (including phenoxy) is 1. The van der Waals surface area contributed by atoms with E-state index in [4.69, 9.17) is 16.3 Å². The summed E-state index contributed by atoms with van der Waals surface area (Å²) >= 11 is 5.98. The van der Waals surface area contributed by atoms with Gasteiger partial charge in [0.15, 0.2) is 0 Å². The van der Waals surface area contributed by atoms with Crippen molar-refractivity contribution in [2.75, 3.05) is 26.7 Å². The van der Waals surface area contributed by atoms with E-state index in [2.05, 4.69) is 0 Å². The van der Waals surface area contributed by atoms with Gasteiger partial charge in [-0.3, -0.25) is 9.59 Å². The van der Waals surface area contributed by atoms with Gasteiger partial charge in [0.2, 0.25) is 5.91 Å². The number of nitrogens with zero attached hydrogens (tertiary/aromatic N) is 2. The number of halogens is 3. The third kappa shape index (κ3) is 6.66. The maximum Gasteiger partial charge on any atom is 0.259 e. The number of rotatable bonds is 8. The summed E-state index contributed by atoms with van der Waals surface area (Å²) in [6.07, 6.45) is 1.31. The van der Waals surface area contributed by atoms with E-state index in [0.29, 0.717) is 36.7 Å². The van der Waals surface area contributed by atoms with Crippen molar-refractivity contribution in [3.05, 3.63) is 101 Å². The fourth-order valence-electron chi connectivity index (χ4n) is 4.72.